The largest absolute Gasteiger partial charge is 0.497 e. The summed E-state index contributed by atoms with van der Waals surface area (Å²) in [6.45, 7) is 1.53. The topological polar surface area (TPSA) is 49.8 Å². The Bertz CT molecular complexity index is 388. The number of carboxylic acids is 1. The molecule has 0 aromatic heterocycles. The number of hydrogen-bond donors (Lipinski definition) is 1. The maximum atomic E-state index is 11.0. The predicted molar refractivity (Wildman–Crippen MR) is 65.6 cm³/mol. The Morgan fingerprint density at radius 2 is 2.12 bits per heavy atom. The van der Waals surface area contributed by atoms with Crippen LogP contribution in [0.25, 0.3) is 0 Å². The minimum Gasteiger partial charge on any atom is -0.497 e. The van der Waals surface area contributed by atoms with Crippen LogP contribution in [-0.2, 0) is 4.79 Å². The van der Waals surface area contributed by atoms with E-state index in [0.29, 0.717) is 6.54 Å². The Hall–Kier alpha value is -1.71. The zero-order valence-electron chi connectivity index (χ0n) is 9.93. The molecular formula is C13H17NO3. The molecule has 1 heterocycles. The SMILES string of the molecule is COc1ccc(N2CCCC(C(=O)O)C2)cc1. The number of rotatable bonds is 3. The van der Waals surface area contributed by atoms with Gasteiger partial charge in [0.2, 0.25) is 0 Å². The minimum atomic E-state index is -0.691. The van der Waals surface area contributed by atoms with Crippen molar-refractivity contribution in [3.05, 3.63) is 24.3 Å². The zero-order valence-corrected chi connectivity index (χ0v) is 9.93. The molecule has 1 aromatic rings. The summed E-state index contributed by atoms with van der Waals surface area (Å²) >= 11 is 0. The van der Waals surface area contributed by atoms with Crippen LogP contribution in [0.2, 0.25) is 0 Å². The molecule has 1 aromatic carbocycles. The van der Waals surface area contributed by atoms with Crippen molar-refractivity contribution < 1.29 is 14.6 Å². The maximum absolute atomic E-state index is 11.0. The summed E-state index contributed by atoms with van der Waals surface area (Å²) in [6, 6.07) is 7.76. The second-order valence-corrected chi connectivity index (χ2v) is 4.32. The quantitative estimate of drug-likeness (QED) is 0.870. The molecule has 0 saturated carbocycles. The lowest BCUT2D eigenvalue weighted by molar-refractivity contribution is -0.141. The van der Waals surface area contributed by atoms with Crippen LogP contribution in [0.5, 0.6) is 5.75 Å². The molecule has 0 bridgehead atoms. The first-order chi connectivity index (χ1) is 8.20. The molecule has 1 N–H and O–H groups in total. The van der Waals surface area contributed by atoms with Crippen molar-refractivity contribution in [2.75, 3.05) is 25.1 Å². The van der Waals surface area contributed by atoms with E-state index < -0.39 is 5.97 Å². The first-order valence-corrected chi connectivity index (χ1v) is 5.82. The fourth-order valence-corrected chi connectivity index (χ4v) is 2.21. The number of benzene rings is 1. The maximum Gasteiger partial charge on any atom is 0.308 e. The van der Waals surface area contributed by atoms with Crippen molar-refractivity contribution in [2.24, 2.45) is 5.92 Å². The fourth-order valence-electron chi connectivity index (χ4n) is 2.21. The van der Waals surface area contributed by atoms with Crippen molar-refractivity contribution in [2.45, 2.75) is 12.8 Å². The number of nitrogens with zero attached hydrogens (tertiary/aromatic N) is 1. The first kappa shape index (κ1) is 11.8. The highest BCUT2D eigenvalue weighted by Crippen LogP contribution is 2.25. The van der Waals surface area contributed by atoms with Crippen molar-refractivity contribution in [3.63, 3.8) is 0 Å². The van der Waals surface area contributed by atoms with Gasteiger partial charge in [-0.1, -0.05) is 0 Å². The monoisotopic (exact) mass is 235 g/mol. The molecule has 0 radical (unpaired) electrons. The smallest absolute Gasteiger partial charge is 0.308 e. The predicted octanol–water partition coefficient (Wildman–Crippen LogP) is 2.00. The molecule has 0 spiro atoms. The lowest BCUT2D eigenvalue weighted by atomic mass is 9.98. The number of aliphatic carboxylic acids is 1. The van der Waals surface area contributed by atoms with Crippen LogP contribution >= 0.6 is 0 Å². The van der Waals surface area contributed by atoms with Crippen LogP contribution in [0.15, 0.2) is 24.3 Å². The highest BCUT2D eigenvalue weighted by molar-refractivity contribution is 5.71. The van der Waals surface area contributed by atoms with Gasteiger partial charge in [-0.2, -0.15) is 0 Å². The van der Waals surface area contributed by atoms with Gasteiger partial charge >= 0.3 is 5.97 Å². The van der Waals surface area contributed by atoms with E-state index >= 15 is 0 Å². The summed E-state index contributed by atoms with van der Waals surface area (Å²) in [7, 11) is 1.64. The van der Waals surface area contributed by atoms with Crippen LogP contribution < -0.4 is 9.64 Å². The van der Waals surface area contributed by atoms with Gasteiger partial charge in [-0.3, -0.25) is 4.79 Å². The number of carboxylic acid groups (broad SMARTS) is 1. The molecule has 92 valence electrons. The van der Waals surface area contributed by atoms with E-state index in [1.165, 1.54) is 0 Å². The summed E-state index contributed by atoms with van der Waals surface area (Å²) in [5.41, 5.74) is 1.07. The molecule has 1 saturated heterocycles. The van der Waals surface area contributed by atoms with Gasteiger partial charge in [0.05, 0.1) is 13.0 Å². The molecule has 0 amide bonds. The van der Waals surface area contributed by atoms with Gasteiger partial charge in [0.15, 0.2) is 0 Å². The van der Waals surface area contributed by atoms with Gasteiger partial charge < -0.3 is 14.7 Å². The van der Waals surface area contributed by atoms with E-state index in [1.54, 1.807) is 7.11 Å². The standard InChI is InChI=1S/C13H17NO3/c1-17-12-6-4-11(5-7-12)14-8-2-3-10(9-14)13(15)16/h4-7,10H,2-3,8-9H2,1H3,(H,15,16). The number of piperidine rings is 1. The van der Waals surface area contributed by atoms with E-state index in [2.05, 4.69) is 4.90 Å². The first-order valence-electron chi connectivity index (χ1n) is 5.82. The molecular weight excluding hydrogens is 218 g/mol. The average Bonchev–Trinajstić information content (AvgIpc) is 2.39. The molecule has 4 heteroatoms. The molecule has 4 nitrogen and oxygen atoms in total. The van der Waals surface area contributed by atoms with Gasteiger partial charge in [-0.05, 0) is 37.1 Å². The average molecular weight is 235 g/mol. The van der Waals surface area contributed by atoms with Gasteiger partial charge in [0, 0.05) is 18.8 Å². The number of hydrogen-bond acceptors (Lipinski definition) is 3. The van der Waals surface area contributed by atoms with Crippen molar-refractivity contribution >= 4 is 11.7 Å². The fraction of sp³-hybridized carbons (Fsp3) is 0.462. The Morgan fingerprint density at radius 3 is 2.71 bits per heavy atom. The normalized spacial score (nSPS) is 20.1. The zero-order chi connectivity index (χ0) is 12.3. The molecule has 1 atom stereocenters. The van der Waals surface area contributed by atoms with Gasteiger partial charge in [0.25, 0.3) is 0 Å². The Kier molecular flexibility index (Phi) is 3.52. The van der Waals surface area contributed by atoms with Gasteiger partial charge in [-0.25, -0.2) is 0 Å². The Balaban J connectivity index is 2.08. The molecule has 0 aliphatic carbocycles. The molecule has 2 rings (SSSR count). The van der Waals surface area contributed by atoms with Gasteiger partial charge in [0.1, 0.15) is 5.75 Å². The lowest BCUT2D eigenvalue weighted by Gasteiger charge is -2.32. The summed E-state index contributed by atoms with van der Waals surface area (Å²) in [5.74, 6) is -0.116. The molecule has 1 aliphatic rings. The van der Waals surface area contributed by atoms with E-state index in [4.69, 9.17) is 9.84 Å². The lowest BCUT2D eigenvalue weighted by Crippen LogP contribution is -2.38. The van der Waals surface area contributed by atoms with E-state index in [0.717, 1.165) is 30.8 Å². The second kappa shape index (κ2) is 5.08. The van der Waals surface area contributed by atoms with Crippen LogP contribution in [-0.4, -0.2) is 31.3 Å². The third-order valence-corrected chi connectivity index (χ3v) is 3.21. The number of ether oxygens (including phenoxy) is 1. The summed E-state index contributed by atoms with van der Waals surface area (Å²) < 4.78 is 5.10. The third-order valence-electron chi connectivity index (χ3n) is 3.21. The summed E-state index contributed by atoms with van der Waals surface area (Å²) in [5, 5.41) is 9.04. The van der Waals surface area contributed by atoms with Crippen molar-refractivity contribution in [3.8, 4) is 5.75 Å². The molecule has 1 unspecified atom stereocenters. The number of carbonyl (C=O) groups is 1. The van der Waals surface area contributed by atoms with Crippen LogP contribution in [0.1, 0.15) is 12.8 Å². The van der Waals surface area contributed by atoms with Crippen LogP contribution in [0.3, 0.4) is 0 Å². The number of anilines is 1. The van der Waals surface area contributed by atoms with Gasteiger partial charge in [-0.15, -0.1) is 0 Å². The van der Waals surface area contributed by atoms with Crippen molar-refractivity contribution in [1.82, 2.24) is 0 Å². The second-order valence-electron chi connectivity index (χ2n) is 4.32. The number of methoxy groups -OCH3 is 1. The highest BCUT2D eigenvalue weighted by atomic mass is 16.5. The Labute approximate surface area is 101 Å². The Morgan fingerprint density at radius 1 is 1.41 bits per heavy atom. The van der Waals surface area contributed by atoms with E-state index in [9.17, 15) is 4.79 Å². The summed E-state index contributed by atoms with van der Waals surface area (Å²) in [6.07, 6.45) is 1.71. The van der Waals surface area contributed by atoms with E-state index in [1.807, 2.05) is 24.3 Å². The minimum absolute atomic E-state index is 0.245. The molecule has 17 heavy (non-hydrogen) atoms. The molecule has 1 aliphatic heterocycles. The van der Waals surface area contributed by atoms with Crippen LogP contribution in [0.4, 0.5) is 5.69 Å². The van der Waals surface area contributed by atoms with Crippen molar-refractivity contribution in [1.29, 1.82) is 0 Å². The highest BCUT2D eigenvalue weighted by Gasteiger charge is 2.25. The third kappa shape index (κ3) is 2.70. The van der Waals surface area contributed by atoms with Crippen LogP contribution in [0, 0.1) is 5.92 Å². The molecule has 1 fully saturated rings. The summed E-state index contributed by atoms with van der Waals surface area (Å²) in [4.78, 5) is 13.1. The van der Waals surface area contributed by atoms with E-state index in [-0.39, 0.29) is 5.92 Å².